The Hall–Kier alpha value is -2.25. The zero-order valence-electron chi connectivity index (χ0n) is 25.5. The number of aryl methyl sites for hydroxylation is 1. The van der Waals surface area contributed by atoms with Crippen molar-refractivity contribution in [1.29, 1.82) is 0 Å². The summed E-state index contributed by atoms with van der Waals surface area (Å²) in [6.45, 7) is 6.21. The van der Waals surface area contributed by atoms with Crippen LogP contribution in [0.15, 0.2) is 35.4 Å². The van der Waals surface area contributed by atoms with Crippen LogP contribution in [0.25, 0.3) is 0 Å². The Morgan fingerprint density at radius 3 is 2.47 bits per heavy atom. The van der Waals surface area contributed by atoms with Crippen molar-refractivity contribution in [3.8, 4) is 0 Å². The maximum absolute atomic E-state index is 11.5. The minimum Gasteiger partial charge on any atom is -0.390 e. The molecule has 4 saturated heterocycles. The quantitative estimate of drug-likeness (QED) is 0.188. The summed E-state index contributed by atoms with van der Waals surface area (Å²) in [5.74, 6) is -1.48. The normalized spacial score (nSPS) is 34.6. The van der Waals surface area contributed by atoms with Crippen LogP contribution in [-0.4, -0.2) is 118 Å². The molecule has 5 heterocycles. The Kier molecular flexibility index (Phi) is 9.51. The zero-order chi connectivity index (χ0) is 31.9. The summed E-state index contributed by atoms with van der Waals surface area (Å²) < 4.78 is 48.0. The molecule has 16 heteroatoms. The minimum absolute atomic E-state index is 0.0567. The van der Waals surface area contributed by atoms with E-state index in [0.29, 0.717) is 26.2 Å². The molecule has 0 saturated carbocycles. The average Bonchev–Trinajstić information content (AvgIpc) is 3.71. The van der Waals surface area contributed by atoms with Crippen molar-refractivity contribution in [3.63, 3.8) is 0 Å². The van der Waals surface area contributed by atoms with Gasteiger partial charge in [-0.1, -0.05) is 18.1 Å². The molecule has 4 aliphatic rings. The Labute approximate surface area is 262 Å². The number of aliphatic hydroxyl groups excluding tert-OH is 3. The molecule has 6 rings (SSSR count). The molecule has 1 aromatic heterocycles. The van der Waals surface area contributed by atoms with Crippen LogP contribution in [0.5, 0.6) is 0 Å². The Bertz CT molecular complexity index is 1390. The lowest BCUT2D eigenvalue weighted by Crippen LogP contribution is -2.68. The van der Waals surface area contributed by atoms with Gasteiger partial charge in [0.2, 0.25) is 10.0 Å². The van der Waals surface area contributed by atoms with Crippen molar-refractivity contribution >= 4 is 15.7 Å². The van der Waals surface area contributed by atoms with Crippen molar-refractivity contribution in [2.24, 2.45) is 11.1 Å². The highest BCUT2D eigenvalue weighted by Crippen LogP contribution is 2.42. The fourth-order valence-electron chi connectivity index (χ4n) is 7.03. The van der Waals surface area contributed by atoms with Gasteiger partial charge in [-0.3, -0.25) is 9.58 Å². The maximum Gasteiger partial charge on any atom is 0.238 e. The standard InChI is InChI=1S/C29H44N6O9S/c1-29(2)43-20-15-34(23(26(38)27(20)44-29)22-24(36)21-16-41-28(42-21)25(22)37)11-5-3-4-6-12-35-14-18(32-33-35)13-31-17-7-9-19(10-8-17)45(30,39)40/h7-10,14,20-28,31,36-38H,3-6,11-13,15-16H2,1-2H3,(H2,30,39,40)/t20-,21-,22-,23+,24-,25+,26-,27-,28+/m1/s1. The Morgan fingerprint density at radius 2 is 1.73 bits per heavy atom. The lowest BCUT2D eigenvalue weighted by atomic mass is 9.77. The second kappa shape index (κ2) is 13.1. The van der Waals surface area contributed by atoms with Crippen LogP contribution < -0.4 is 10.5 Å². The third kappa shape index (κ3) is 7.20. The van der Waals surface area contributed by atoms with Gasteiger partial charge in [-0.15, -0.1) is 5.10 Å². The van der Waals surface area contributed by atoms with Gasteiger partial charge in [0, 0.05) is 30.7 Å². The number of hydrogen-bond acceptors (Lipinski definition) is 13. The number of unbranched alkanes of at least 4 members (excludes halogenated alkanes) is 3. The number of nitrogens with one attached hydrogen (secondary N) is 1. The Morgan fingerprint density at radius 1 is 1.00 bits per heavy atom. The number of piperidine rings is 1. The number of likely N-dealkylation sites (tertiary alicyclic amines) is 1. The number of benzene rings is 1. The highest BCUT2D eigenvalue weighted by Gasteiger charge is 2.60. The van der Waals surface area contributed by atoms with Crippen molar-refractivity contribution < 1.29 is 42.7 Å². The molecule has 2 bridgehead atoms. The van der Waals surface area contributed by atoms with E-state index < -0.39 is 64.6 Å². The van der Waals surface area contributed by atoms with Crippen molar-refractivity contribution in [3.05, 3.63) is 36.2 Å². The number of primary sulfonamides is 1. The van der Waals surface area contributed by atoms with E-state index in [0.717, 1.165) is 37.1 Å². The van der Waals surface area contributed by atoms with Crippen LogP contribution in [-0.2, 0) is 42.1 Å². The first-order valence-electron chi connectivity index (χ1n) is 15.6. The summed E-state index contributed by atoms with van der Waals surface area (Å²) >= 11 is 0. The van der Waals surface area contributed by atoms with Crippen LogP contribution in [0.3, 0.4) is 0 Å². The first-order chi connectivity index (χ1) is 21.4. The predicted octanol–water partition coefficient (Wildman–Crippen LogP) is -0.244. The van der Waals surface area contributed by atoms with Gasteiger partial charge in [-0.2, -0.15) is 0 Å². The lowest BCUT2D eigenvalue weighted by molar-refractivity contribution is -0.237. The van der Waals surface area contributed by atoms with E-state index in [1.807, 2.05) is 24.7 Å². The summed E-state index contributed by atoms with van der Waals surface area (Å²) in [5.41, 5.74) is 1.50. The van der Waals surface area contributed by atoms with Gasteiger partial charge in [-0.05, 0) is 57.5 Å². The van der Waals surface area contributed by atoms with E-state index in [1.165, 1.54) is 12.1 Å². The number of aliphatic hydroxyl groups is 3. The van der Waals surface area contributed by atoms with Gasteiger partial charge in [0.25, 0.3) is 0 Å². The van der Waals surface area contributed by atoms with Gasteiger partial charge in [-0.25, -0.2) is 13.6 Å². The number of hydrogen-bond donors (Lipinski definition) is 5. The van der Waals surface area contributed by atoms with E-state index in [4.69, 9.17) is 24.1 Å². The molecule has 9 atom stereocenters. The van der Waals surface area contributed by atoms with Crippen LogP contribution >= 0.6 is 0 Å². The van der Waals surface area contributed by atoms with Crippen LogP contribution in [0.1, 0.15) is 45.2 Å². The number of nitrogens with two attached hydrogens (primary N) is 1. The molecule has 0 radical (unpaired) electrons. The second-order valence-corrected chi connectivity index (χ2v) is 14.4. The fourth-order valence-corrected chi connectivity index (χ4v) is 7.54. The van der Waals surface area contributed by atoms with Crippen molar-refractivity contribution in [1.82, 2.24) is 19.9 Å². The highest BCUT2D eigenvalue weighted by atomic mass is 32.2. The molecule has 4 aliphatic heterocycles. The molecule has 0 aliphatic carbocycles. The predicted molar refractivity (Wildman–Crippen MR) is 159 cm³/mol. The molecule has 250 valence electrons. The fraction of sp³-hybridized carbons (Fsp3) is 0.724. The molecule has 6 N–H and O–H groups in total. The van der Waals surface area contributed by atoms with Gasteiger partial charge in [0.1, 0.15) is 30.1 Å². The van der Waals surface area contributed by atoms with E-state index >= 15 is 0 Å². The number of aromatic nitrogens is 3. The summed E-state index contributed by atoms with van der Waals surface area (Å²) in [6.07, 6.45) is 0.317. The number of ether oxygens (including phenoxy) is 4. The van der Waals surface area contributed by atoms with Gasteiger partial charge < -0.3 is 39.6 Å². The topological polar surface area (TPSA) is 204 Å². The smallest absolute Gasteiger partial charge is 0.238 e. The molecule has 0 spiro atoms. The number of fused-ring (bicyclic) bond motifs is 3. The van der Waals surface area contributed by atoms with E-state index in [-0.39, 0.29) is 17.6 Å². The molecule has 4 fully saturated rings. The maximum atomic E-state index is 11.5. The lowest BCUT2D eigenvalue weighted by Gasteiger charge is -2.50. The number of rotatable bonds is 12. The second-order valence-electron chi connectivity index (χ2n) is 12.9. The van der Waals surface area contributed by atoms with Crippen molar-refractivity contribution in [2.75, 3.05) is 25.0 Å². The zero-order valence-corrected chi connectivity index (χ0v) is 26.3. The van der Waals surface area contributed by atoms with Crippen LogP contribution in [0.4, 0.5) is 5.69 Å². The van der Waals surface area contributed by atoms with Gasteiger partial charge in [0.05, 0.1) is 36.5 Å². The number of nitrogens with zero attached hydrogens (tertiary/aromatic N) is 4. The van der Waals surface area contributed by atoms with Crippen LogP contribution in [0.2, 0.25) is 0 Å². The van der Waals surface area contributed by atoms with E-state index in [2.05, 4.69) is 20.5 Å². The summed E-state index contributed by atoms with van der Waals surface area (Å²) in [5, 5.41) is 50.5. The summed E-state index contributed by atoms with van der Waals surface area (Å²) in [4.78, 5) is 2.19. The molecule has 2 aromatic rings. The molecule has 45 heavy (non-hydrogen) atoms. The minimum atomic E-state index is -3.73. The monoisotopic (exact) mass is 652 g/mol. The van der Waals surface area contributed by atoms with Crippen molar-refractivity contribution in [2.45, 2.75) is 112 Å². The largest absolute Gasteiger partial charge is 0.390 e. The van der Waals surface area contributed by atoms with E-state index in [1.54, 1.807) is 12.1 Å². The average molecular weight is 653 g/mol. The van der Waals surface area contributed by atoms with E-state index in [9.17, 15) is 23.7 Å². The first-order valence-corrected chi connectivity index (χ1v) is 17.1. The molecule has 1 aromatic carbocycles. The van der Waals surface area contributed by atoms with Gasteiger partial charge >= 0.3 is 0 Å². The molecular formula is C29H44N6O9S. The number of sulfonamides is 1. The highest BCUT2D eigenvalue weighted by molar-refractivity contribution is 7.89. The third-order valence-corrected chi connectivity index (χ3v) is 10.1. The third-order valence-electron chi connectivity index (χ3n) is 9.15. The summed E-state index contributed by atoms with van der Waals surface area (Å²) in [7, 11) is -3.73. The molecular weight excluding hydrogens is 608 g/mol. The SMILES string of the molecule is CC1(C)O[C@H]2[C@H](O)[C@H]([C@H]3[C@H](O)[C@H]4OC[C@@H](O4)[C@H]3O)N(CCCCCCn3cc(CNc4ccc(S(N)(=O)=O)cc4)nn3)C[C@H]2O1. The number of anilines is 1. The molecule has 15 nitrogen and oxygen atoms in total. The molecule has 0 amide bonds. The van der Waals surface area contributed by atoms with Crippen LogP contribution in [0, 0.1) is 5.92 Å². The Balaban J connectivity index is 0.980. The first kappa shape index (κ1) is 32.7. The van der Waals surface area contributed by atoms with Gasteiger partial charge in [0.15, 0.2) is 12.1 Å². The summed E-state index contributed by atoms with van der Waals surface area (Å²) in [6, 6.07) is 5.66. The molecule has 0 unspecified atom stereocenters.